The summed E-state index contributed by atoms with van der Waals surface area (Å²) in [5.74, 6) is 0.327. The van der Waals surface area contributed by atoms with Crippen molar-refractivity contribution in [2.45, 2.75) is 53.4 Å². The van der Waals surface area contributed by atoms with Gasteiger partial charge >= 0.3 is 0 Å². The van der Waals surface area contributed by atoms with Crippen molar-refractivity contribution in [2.24, 2.45) is 5.41 Å². The van der Waals surface area contributed by atoms with Crippen LogP contribution in [0.15, 0.2) is 0 Å². The van der Waals surface area contributed by atoms with Crippen molar-refractivity contribution in [3.63, 3.8) is 0 Å². The number of carbonyl (C=O) groups is 1. The lowest BCUT2D eigenvalue weighted by atomic mass is 9.97. The minimum Gasteiger partial charge on any atom is -0.379 e. The van der Waals surface area contributed by atoms with Crippen LogP contribution in [0.25, 0.3) is 0 Å². The quantitative estimate of drug-likeness (QED) is 0.311. The summed E-state index contributed by atoms with van der Waals surface area (Å²) in [7, 11) is 0. The number of rotatable bonds is 17. The minimum atomic E-state index is 0.296. The van der Waals surface area contributed by atoms with Gasteiger partial charge in [0.2, 0.25) is 0 Å². The van der Waals surface area contributed by atoms with Crippen molar-refractivity contribution < 1.29 is 19.1 Å². The van der Waals surface area contributed by atoms with E-state index in [9.17, 15) is 4.79 Å². The van der Waals surface area contributed by atoms with Gasteiger partial charge in [-0.15, -0.1) is 0 Å². The van der Waals surface area contributed by atoms with E-state index in [4.69, 9.17) is 14.3 Å². The summed E-state index contributed by atoms with van der Waals surface area (Å²) in [6.45, 7) is 14.1. The molecule has 6 nitrogen and oxygen atoms in total. The number of ketones is 1. The van der Waals surface area contributed by atoms with Gasteiger partial charge in [0, 0.05) is 26.0 Å². The van der Waals surface area contributed by atoms with Crippen LogP contribution in [0.4, 0.5) is 0 Å². The molecule has 0 aliphatic heterocycles. The molecule has 0 bridgehead atoms. The molecular formula is C18H38N2O4. The van der Waals surface area contributed by atoms with Gasteiger partial charge in [0.1, 0.15) is 5.78 Å². The van der Waals surface area contributed by atoms with Crippen molar-refractivity contribution in [3.8, 4) is 0 Å². The third kappa shape index (κ3) is 19.5. The molecule has 0 amide bonds. The van der Waals surface area contributed by atoms with E-state index < -0.39 is 0 Å². The highest BCUT2D eigenvalue weighted by Crippen LogP contribution is 2.10. The fourth-order valence-corrected chi connectivity index (χ4v) is 1.97. The van der Waals surface area contributed by atoms with Crippen LogP contribution >= 0.6 is 0 Å². The monoisotopic (exact) mass is 346 g/mol. The number of nitrogens with one attached hydrogen (secondary N) is 2. The molecule has 0 aromatic rings. The van der Waals surface area contributed by atoms with E-state index in [2.05, 4.69) is 31.6 Å². The zero-order valence-corrected chi connectivity index (χ0v) is 16.1. The SMILES string of the molecule is CCNOCCOCCOCCCC(=O)CCCNCC(C)(C)C. The molecule has 6 heteroatoms. The van der Waals surface area contributed by atoms with Gasteiger partial charge in [-0.1, -0.05) is 27.7 Å². The Labute approximate surface area is 147 Å². The Morgan fingerprint density at radius 1 is 0.917 bits per heavy atom. The number of carbonyl (C=O) groups excluding carboxylic acids is 1. The maximum absolute atomic E-state index is 11.7. The maximum Gasteiger partial charge on any atom is 0.133 e. The standard InChI is InChI=1S/C18H38N2O4/c1-5-20-24-15-14-23-13-12-22-11-7-9-17(21)8-6-10-19-16-18(2,3)4/h19-20H,5-16H2,1-4H3. The summed E-state index contributed by atoms with van der Waals surface area (Å²) in [5.41, 5.74) is 3.05. The third-order valence-electron chi connectivity index (χ3n) is 3.16. The molecule has 2 N–H and O–H groups in total. The molecule has 0 unspecified atom stereocenters. The molecular weight excluding hydrogens is 308 g/mol. The summed E-state index contributed by atoms with van der Waals surface area (Å²) in [5, 5.41) is 3.39. The molecule has 0 aromatic heterocycles. The molecule has 144 valence electrons. The Morgan fingerprint density at radius 3 is 2.21 bits per heavy atom. The smallest absolute Gasteiger partial charge is 0.133 e. The second kappa shape index (κ2) is 16.0. The number of ether oxygens (including phenoxy) is 2. The Morgan fingerprint density at radius 2 is 1.54 bits per heavy atom. The van der Waals surface area contributed by atoms with Gasteiger partial charge in [0.25, 0.3) is 0 Å². The van der Waals surface area contributed by atoms with Crippen LogP contribution in [-0.4, -0.2) is 58.5 Å². The highest BCUT2D eigenvalue weighted by molar-refractivity contribution is 5.78. The van der Waals surface area contributed by atoms with Crippen molar-refractivity contribution in [1.82, 2.24) is 10.8 Å². The second-order valence-corrected chi connectivity index (χ2v) is 7.05. The zero-order chi connectivity index (χ0) is 18.1. The number of hydrogen-bond donors (Lipinski definition) is 2. The fraction of sp³-hybridized carbons (Fsp3) is 0.944. The molecule has 0 radical (unpaired) electrons. The molecule has 0 aliphatic rings. The van der Waals surface area contributed by atoms with Crippen LogP contribution in [0.5, 0.6) is 0 Å². The first-order chi connectivity index (χ1) is 11.5. The topological polar surface area (TPSA) is 68.8 Å². The molecule has 0 saturated heterocycles. The van der Waals surface area contributed by atoms with E-state index in [1.54, 1.807) is 0 Å². The maximum atomic E-state index is 11.7. The predicted molar refractivity (Wildman–Crippen MR) is 97.1 cm³/mol. The summed E-state index contributed by atoms with van der Waals surface area (Å²) in [6, 6.07) is 0. The minimum absolute atomic E-state index is 0.296. The van der Waals surface area contributed by atoms with Crippen LogP contribution in [0.1, 0.15) is 53.4 Å². The molecule has 0 rings (SSSR count). The third-order valence-corrected chi connectivity index (χ3v) is 3.16. The van der Waals surface area contributed by atoms with Gasteiger partial charge in [-0.05, 0) is 31.3 Å². The summed E-state index contributed by atoms with van der Waals surface area (Å²) < 4.78 is 10.8. The second-order valence-electron chi connectivity index (χ2n) is 7.05. The molecule has 0 spiro atoms. The molecule has 0 aromatic carbocycles. The first kappa shape index (κ1) is 23.5. The highest BCUT2D eigenvalue weighted by atomic mass is 16.7. The van der Waals surface area contributed by atoms with Crippen molar-refractivity contribution in [2.75, 3.05) is 52.7 Å². The van der Waals surface area contributed by atoms with Gasteiger partial charge in [-0.25, -0.2) is 5.48 Å². The van der Waals surface area contributed by atoms with Crippen LogP contribution in [0, 0.1) is 5.41 Å². The van der Waals surface area contributed by atoms with Crippen LogP contribution in [0.3, 0.4) is 0 Å². The molecule has 0 aliphatic carbocycles. The average molecular weight is 347 g/mol. The first-order valence-electron chi connectivity index (χ1n) is 9.18. The van der Waals surface area contributed by atoms with Crippen molar-refractivity contribution in [3.05, 3.63) is 0 Å². The Kier molecular flexibility index (Phi) is 15.6. The predicted octanol–water partition coefficient (Wildman–Crippen LogP) is 2.33. The number of Topliss-reactive ketones (excluding diaryl/α,β-unsaturated/α-hetero) is 1. The van der Waals surface area contributed by atoms with E-state index in [1.807, 2.05) is 6.92 Å². The van der Waals surface area contributed by atoms with E-state index >= 15 is 0 Å². The van der Waals surface area contributed by atoms with Gasteiger partial charge in [-0.2, -0.15) is 0 Å². The van der Waals surface area contributed by atoms with E-state index in [1.165, 1.54) is 0 Å². The Bertz CT molecular complexity index is 293. The van der Waals surface area contributed by atoms with Crippen molar-refractivity contribution in [1.29, 1.82) is 0 Å². The number of hydroxylamine groups is 1. The summed E-state index contributed by atoms with van der Waals surface area (Å²) >= 11 is 0. The molecule has 0 fully saturated rings. The van der Waals surface area contributed by atoms with E-state index in [0.717, 1.165) is 32.5 Å². The molecule has 0 atom stereocenters. The molecule has 24 heavy (non-hydrogen) atoms. The van der Waals surface area contributed by atoms with Crippen molar-refractivity contribution >= 4 is 5.78 Å². The van der Waals surface area contributed by atoms with Gasteiger partial charge in [0.05, 0.1) is 26.4 Å². The first-order valence-corrected chi connectivity index (χ1v) is 9.18. The van der Waals surface area contributed by atoms with Gasteiger partial charge in [-0.3, -0.25) is 9.63 Å². The Hall–Kier alpha value is -0.530. The zero-order valence-electron chi connectivity index (χ0n) is 16.1. The normalized spacial score (nSPS) is 11.8. The largest absolute Gasteiger partial charge is 0.379 e. The van der Waals surface area contributed by atoms with Crippen LogP contribution < -0.4 is 10.8 Å². The van der Waals surface area contributed by atoms with Crippen LogP contribution in [0.2, 0.25) is 0 Å². The van der Waals surface area contributed by atoms with E-state index in [-0.39, 0.29) is 0 Å². The number of hydrogen-bond acceptors (Lipinski definition) is 6. The highest BCUT2D eigenvalue weighted by Gasteiger charge is 2.08. The summed E-state index contributed by atoms with van der Waals surface area (Å²) in [4.78, 5) is 16.8. The van der Waals surface area contributed by atoms with Gasteiger partial charge < -0.3 is 14.8 Å². The lowest BCUT2D eigenvalue weighted by molar-refractivity contribution is -0.119. The fourth-order valence-electron chi connectivity index (χ4n) is 1.97. The lowest BCUT2D eigenvalue weighted by Gasteiger charge is -2.18. The summed E-state index contributed by atoms with van der Waals surface area (Å²) in [6.07, 6.45) is 2.97. The average Bonchev–Trinajstić information content (AvgIpc) is 2.51. The molecule has 0 heterocycles. The lowest BCUT2D eigenvalue weighted by Crippen LogP contribution is -2.27. The Balaban J connectivity index is 3.21. The van der Waals surface area contributed by atoms with Gasteiger partial charge in [0.15, 0.2) is 0 Å². The van der Waals surface area contributed by atoms with Crippen LogP contribution in [-0.2, 0) is 19.1 Å². The molecule has 0 saturated carbocycles. The van der Waals surface area contributed by atoms with E-state index in [0.29, 0.717) is 57.1 Å².